The first-order chi connectivity index (χ1) is 6.72. The summed E-state index contributed by atoms with van der Waals surface area (Å²) < 4.78 is 0. The molecule has 0 spiro atoms. The molecular formula is C10H21N3O. The molecule has 1 amide bonds. The SMILES string of the molecule is CCCC(=O)NCC1CN(C)CCN1. The van der Waals surface area contributed by atoms with E-state index in [0.717, 1.165) is 32.6 Å². The molecule has 2 N–H and O–H groups in total. The van der Waals surface area contributed by atoms with E-state index in [-0.39, 0.29) is 5.91 Å². The van der Waals surface area contributed by atoms with Crippen LogP contribution in [0.1, 0.15) is 19.8 Å². The number of amides is 1. The fourth-order valence-electron chi connectivity index (χ4n) is 1.68. The van der Waals surface area contributed by atoms with Crippen LogP contribution >= 0.6 is 0 Å². The Balaban J connectivity index is 2.14. The Bertz CT molecular complexity index is 184. The van der Waals surface area contributed by atoms with Crippen LogP contribution in [0.2, 0.25) is 0 Å². The Hall–Kier alpha value is -0.610. The number of carbonyl (C=O) groups excluding carboxylic acids is 1. The Morgan fingerprint density at radius 1 is 1.64 bits per heavy atom. The molecule has 0 saturated carbocycles. The van der Waals surface area contributed by atoms with Crippen LogP contribution in [-0.4, -0.2) is 50.1 Å². The van der Waals surface area contributed by atoms with E-state index in [0.29, 0.717) is 12.5 Å². The number of nitrogens with zero attached hydrogens (tertiary/aromatic N) is 1. The average molecular weight is 199 g/mol. The van der Waals surface area contributed by atoms with E-state index in [9.17, 15) is 4.79 Å². The summed E-state index contributed by atoms with van der Waals surface area (Å²) in [5, 5.41) is 6.34. The molecule has 0 aromatic carbocycles. The van der Waals surface area contributed by atoms with Crippen molar-refractivity contribution in [3.8, 4) is 0 Å². The minimum absolute atomic E-state index is 0.169. The van der Waals surface area contributed by atoms with Gasteiger partial charge in [0.1, 0.15) is 0 Å². The third-order valence-electron chi connectivity index (χ3n) is 2.48. The Morgan fingerprint density at radius 3 is 3.07 bits per heavy atom. The standard InChI is InChI=1S/C10H21N3O/c1-3-4-10(14)12-7-9-8-13(2)6-5-11-9/h9,11H,3-8H2,1-2H3,(H,12,14). The monoisotopic (exact) mass is 199 g/mol. The second-order valence-corrected chi connectivity index (χ2v) is 3.97. The normalized spacial score (nSPS) is 23.4. The largest absolute Gasteiger partial charge is 0.354 e. The van der Waals surface area contributed by atoms with Gasteiger partial charge in [-0.2, -0.15) is 0 Å². The van der Waals surface area contributed by atoms with Crippen LogP contribution in [0, 0.1) is 0 Å². The highest BCUT2D eigenvalue weighted by Crippen LogP contribution is 1.95. The Labute approximate surface area is 86.0 Å². The first-order valence-corrected chi connectivity index (χ1v) is 5.41. The maximum Gasteiger partial charge on any atom is 0.220 e. The quantitative estimate of drug-likeness (QED) is 0.659. The maximum atomic E-state index is 11.2. The first-order valence-electron chi connectivity index (χ1n) is 5.41. The van der Waals surface area contributed by atoms with Gasteiger partial charge in [0, 0.05) is 38.6 Å². The summed E-state index contributed by atoms with van der Waals surface area (Å²) in [4.78, 5) is 13.5. The summed E-state index contributed by atoms with van der Waals surface area (Å²) in [6.45, 7) is 5.91. The minimum Gasteiger partial charge on any atom is -0.354 e. The Kier molecular flexibility index (Phi) is 4.90. The summed E-state index contributed by atoms with van der Waals surface area (Å²) in [6.07, 6.45) is 1.56. The number of hydrogen-bond donors (Lipinski definition) is 2. The van der Waals surface area contributed by atoms with Crippen molar-refractivity contribution in [2.45, 2.75) is 25.8 Å². The van der Waals surface area contributed by atoms with Gasteiger partial charge in [-0.15, -0.1) is 0 Å². The predicted octanol–water partition coefficient (Wildman–Crippen LogP) is -0.194. The molecule has 0 aliphatic carbocycles. The molecule has 82 valence electrons. The molecule has 1 fully saturated rings. The molecule has 0 bridgehead atoms. The highest BCUT2D eigenvalue weighted by molar-refractivity contribution is 5.75. The van der Waals surface area contributed by atoms with E-state index in [1.165, 1.54) is 0 Å². The third kappa shape index (κ3) is 4.07. The molecule has 1 aliphatic heterocycles. The van der Waals surface area contributed by atoms with Gasteiger partial charge in [-0.25, -0.2) is 0 Å². The summed E-state index contributed by atoms with van der Waals surface area (Å²) in [5.41, 5.74) is 0. The molecule has 1 rings (SSSR count). The van der Waals surface area contributed by atoms with Crippen molar-refractivity contribution in [3.05, 3.63) is 0 Å². The lowest BCUT2D eigenvalue weighted by Gasteiger charge is -2.30. The molecule has 4 heteroatoms. The number of hydrogen-bond acceptors (Lipinski definition) is 3. The molecule has 1 unspecified atom stereocenters. The minimum atomic E-state index is 0.169. The molecular weight excluding hydrogens is 178 g/mol. The van der Waals surface area contributed by atoms with Gasteiger partial charge in [0.25, 0.3) is 0 Å². The topological polar surface area (TPSA) is 44.4 Å². The predicted molar refractivity (Wildman–Crippen MR) is 57.2 cm³/mol. The highest BCUT2D eigenvalue weighted by atomic mass is 16.1. The second kappa shape index (κ2) is 5.98. The van der Waals surface area contributed by atoms with E-state index >= 15 is 0 Å². The lowest BCUT2D eigenvalue weighted by Crippen LogP contribution is -2.53. The zero-order valence-corrected chi connectivity index (χ0v) is 9.18. The van der Waals surface area contributed by atoms with Gasteiger partial charge in [0.15, 0.2) is 0 Å². The smallest absolute Gasteiger partial charge is 0.220 e. The van der Waals surface area contributed by atoms with Crippen molar-refractivity contribution in [1.82, 2.24) is 15.5 Å². The number of nitrogens with one attached hydrogen (secondary N) is 2. The van der Waals surface area contributed by atoms with Crippen molar-refractivity contribution < 1.29 is 4.79 Å². The number of rotatable bonds is 4. The van der Waals surface area contributed by atoms with Gasteiger partial charge >= 0.3 is 0 Å². The average Bonchev–Trinajstić information content (AvgIpc) is 2.15. The van der Waals surface area contributed by atoms with Crippen molar-refractivity contribution in [1.29, 1.82) is 0 Å². The molecule has 0 radical (unpaired) electrons. The lowest BCUT2D eigenvalue weighted by molar-refractivity contribution is -0.121. The van der Waals surface area contributed by atoms with E-state index in [1.54, 1.807) is 0 Å². The van der Waals surface area contributed by atoms with Crippen LogP contribution in [0.25, 0.3) is 0 Å². The molecule has 4 nitrogen and oxygen atoms in total. The summed E-state index contributed by atoms with van der Waals surface area (Å²) >= 11 is 0. The van der Waals surface area contributed by atoms with E-state index in [1.807, 2.05) is 6.92 Å². The molecule has 1 aliphatic rings. The first kappa shape index (κ1) is 11.5. The number of carbonyl (C=O) groups is 1. The highest BCUT2D eigenvalue weighted by Gasteiger charge is 2.16. The Morgan fingerprint density at radius 2 is 2.43 bits per heavy atom. The number of likely N-dealkylation sites (N-methyl/N-ethyl adjacent to an activating group) is 1. The van der Waals surface area contributed by atoms with Crippen molar-refractivity contribution in [3.63, 3.8) is 0 Å². The van der Waals surface area contributed by atoms with Gasteiger partial charge in [-0.1, -0.05) is 6.92 Å². The van der Waals surface area contributed by atoms with E-state index in [4.69, 9.17) is 0 Å². The third-order valence-corrected chi connectivity index (χ3v) is 2.48. The second-order valence-electron chi connectivity index (χ2n) is 3.97. The van der Waals surface area contributed by atoms with Crippen LogP contribution in [-0.2, 0) is 4.79 Å². The summed E-state index contributed by atoms with van der Waals surface area (Å²) in [6, 6.07) is 0.412. The van der Waals surface area contributed by atoms with Crippen molar-refractivity contribution >= 4 is 5.91 Å². The van der Waals surface area contributed by atoms with Gasteiger partial charge in [-0.05, 0) is 13.5 Å². The van der Waals surface area contributed by atoms with Gasteiger partial charge in [-0.3, -0.25) is 4.79 Å². The fourth-order valence-corrected chi connectivity index (χ4v) is 1.68. The van der Waals surface area contributed by atoms with Gasteiger partial charge in [0.05, 0.1) is 0 Å². The van der Waals surface area contributed by atoms with Crippen LogP contribution < -0.4 is 10.6 Å². The van der Waals surface area contributed by atoms with Crippen LogP contribution in [0.15, 0.2) is 0 Å². The number of piperazine rings is 1. The molecule has 1 saturated heterocycles. The lowest BCUT2D eigenvalue weighted by atomic mass is 10.2. The van der Waals surface area contributed by atoms with E-state index < -0.39 is 0 Å². The molecule has 0 aromatic rings. The maximum absolute atomic E-state index is 11.2. The summed E-state index contributed by atoms with van der Waals surface area (Å²) in [5.74, 6) is 0.169. The van der Waals surface area contributed by atoms with Gasteiger partial charge < -0.3 is 15.5 Å². The van der Waals surface area contributed by atoms with Gasteiger partial charge in [0.2, 0.25) is 5.91 Å². The zero-order valence-electron chi connectivity index (χ0n) is 9.18. The van der Waals surface area contributed by atoms with E-state index in [2.05, 4.69) is 22.6 Å². The molecule has 14 heavy (non-hydrogen) atoms. The fraction of sp³-hybridized carbons (Fsp3) is 0.900. The van der Waals surface area contributed by atoms with Crippen LogP contribution in [0.3, 0.4) is 0 Å². The van der Waals surface area contributed by atoms with Crippen LogP contribution in [0.4, 0.5) is 0 Å². The van der Waals surface area contributed by atoms with Crippen molar-refractivity contribution in [2.24, 2.45) is 0 Å². The van der Waals surface area contributed by atoms with Crippen LogP contribution in [0.5, 0.6) is 0 Å². The molecule has 0 aromatic heterocycles. The summed E-state index contributed by atoms with van der Waals surface area (Å²) in [7, 11) is 2.11. The zero-order chi connectivity index (χ0) is 10.4. The molecule has 1 atom stereocenters. The molecule has 1 heterocycles. The van der Waals surface area contributed by atoms with Crippen molar-refractivity contribution in [2.75, 3.05) is 33.2 Å².